The van der Waals surface area contributed by atoms with Gasteiger partial charge in [-0.1, -0.05) is 358 Å². The fourth-order valence-electron chi connectivity index (χ4n) is 11.0. The molecule has 0 aromatic carbocycles. The summed E-state index contributed by atoms with van der Waals surface area (Å²) in [4.78, 5) is 36.0. The number of allylic oxidation sites excluding steroid dienone is 26. The molecule has 0 aliphatic rings. The summed E-state index contributed by atoms with van der Waals surface area (Å²) in [6.07, 6.45) is 115. The van der Waals surface area contributed by atoms with E-state index in [9.17, 15) is 19.0 Å². The van der Waals surface area contributed by atoms with E-state index < -0.39 is 26.5 Å². The molecule has 0 heterocycles. The maximum atomic E-state index is 12.9. The molecule has 560 valence electrons. The van der Waals surface area contributed by atoms with Crippen LogP contribution in [0.2, 0.25) is 0 Å². The average molecular weight is 1380 g/mol. The van der Waals surface area contributed by atoms with Gasteiger partial charge in [-0.3, -0.25) is 18.6 Å². The molecule has 0 saturated carbocycles. The molecule has 0 amide bonds. The van der Waals surface area contributed by atoms with E-state index in [-0.39, 0.29) is 32.0 Å². The van der Waals surface area contributed by atoms with Gasteiger partial charge in [-0.15, -0.1) is 0 Å². The molecule has 10 heteroatoms. The molecule has 0 aromatic heterocycles. The Morgan fingerprint density at radius 2 is 0.551 bits per heavy atom. The maximum Gasteiger partial charge on any atom is 0.472 e. The molecule has 0 rings (SSSR count). The van der Waals surface area contributed by atoms with Crippen molar-refractivity contribution in [2.45, 2.75) is 341 Å². The number of nitrogens with zero attached hydrogens (tertiary/aromatic N) is 1. The van der Waals surface area contributed by atoms with Gasteiger partial charge in [-0.25, -0.2) is 4.57 Å². The molecule has 0 fully saturated rings. The van der Waals surface area contributed by atoms with Crippen molar-refractivity contribution >= 4 is 19.8 Å². The average Bonchev–Trinajstić information content (AvgIpc) is 1.08. The lowest BCUT2D eigenvalue weighted by Crippen LogP contribution is -2.37. The minimum atomic E-state index is -4.41. The van der Waals surface area contributed by atoms with E-state index in [1.807, 2.05) is 21.1 Å². The number of quaternary nitrogens is 1. The number of carbonyl (C=O) groups excluding carboxylic acids is 2. The Kier molecular flexibility index (Phi) is 73.4. The number of phosphoric acid groups is 1. The lowest BCUT2D eigenvalue weighted by atomic mass is 10.0. The van der Waals surface area contributed by atoms with E-state index in [2.05, 4.69) is 172 Å². The van der Waals surface area contributed by atoms with Gasteiger partial charge >= 0.3 is 19.8 Å². The molecule has 0 bridgehead atoms. The zero-order chi connectivity index (χ0) is 71.1. The molecule has 1 N–H and O–H groups in total. The molecule has 0 saturated heterocycles. The maximum absolute atomic E-state index is 12.9. The summed E-state index contributed by atoms with van der Waals surface area (Å²) in [5, 5.41) is 0. The van der Waals surface area contributed by atoms with E-state index in [4.69, 9.17) is 18.5 Å². The van der Waals surface area contributed by atoms with Crippen LogP contribution in [0.1, 0.15) is 335 Å². The summed E-state index contributed by atoms with van der Waals surface area (Å²) >= 11 is 0. The molecular formula is C88H151NO8P+. The highest BCUT2D eigenvalue weighted by molar-refractivity contribution is 7.47. The minimum absolute atomic E-state index is 0.0259. The van der Waals surface area contributed by atoms with Crippen LogP contribution in [0.15, 0.2) is 158 Å². The molecule has 0 spiro atoms. The highest BCUT2D eigenvalue weighted by Gasteiger charge is 2.27. The number of hydrogen-bond donors (Lipinski definition) is 1. The van der Waals surface area contributed by atoms with Crippen molar-refractivity contribution in [1.29, 1.82) is 0 Å². The van der Waals surface area contributed by atoms with Gasteiger partial charge in [0.2, 0.25) is 0 Å². The predicted molar refractivity (Wildman–Crippen MR) is 426 cm³/mol. The Morgan fingerprint density at radius 1 is 0.316 bits per heavy atom. The van der Waals surface area contributed by atoms with Gasteiger partial charge in [-0.2, -0.15) is 0 Å². The number of rotatable bonds is 73. The van der Waals surface area contributed by atoms with Crippen molar-refractivity contribution in [1.82, 2.24) is 0 Å². The number of hydrogen-bond acceptors (Lipinski definition) is 7. The number of unbranched alkanes of at least 4 members (excludes halogenated alkanes) is 33. The normalized spacial score (nSPS) is 13.9. The van der Waals surface area contributed by atoms with Gasteiger partial charge in [0.1, 0.15) is 19.8 Å². The van der Waals surface area contributed by atoms with Gasteiger partial charge < -0.3 is 18.9 Å². The fourth-order valence-corrected chi connectivity index (χ4v) is 11.7. The summed E-state index contributed by atoms with van der Waals surface area (Å²) in [7, 11) is 1.47. The first-order chi connectivity index (χ1) is 48.0. The standard InChI is InChI=1S/C88H150NO8P/c1-6-8-10-12-14-16-18-20-22-24-26-28-30-32-34-36-38-40-42-43-44-45-47-48-50-52-54-56-58-60-62-64-66-68-70-72-74-76-78-80-87(90)94-84-86(85-96-98(92,93)95-83-82-89(3,4)5)97-88(91)81-79-77-75-73-71-69-67-65-63-61-59-57-55-53-51-49-46-41-39-37-35-33-31-29-27-25-23-21-19-17-15-13-11-9-7-2/h8-11,14-17,20-23,26-29,32-35,39,41,49,51,55,57,86H,6-7,12-13,18-19,24-25,30-31,36-38,40,42-48,50,52-54,56,58-85H2,1-5H3/p+1/b10-8-,11-9-,16-14-,17-15-,22-20-,23-21-,28-26-,29-27-,34-32-,35-33-,41-39-,51-49-,57-55-. The van der Waals surface area contributed by atoms with Crippen LogP contribution in [0.5, 0.6) is 0 Å². The third kappa shape index (κ3) is 80.6. The summed E-state index contributed by atoms with van der Waals surface area (Å²) < 4.78 is 34.8. The van der Waals surface area contributed by atoms with E-state index in [0.29, 0.717) is 17.4 Å². The fraction of sp³-hybridized carbons (Fsp3) is 0.682. The topological polar surface area (TPSA) is 108 Å². The highest BCUT2D eigenvalue weighted by Crippen LogP contribution is 2.43. The monoisotopic (exact) mass is 1380 g/mol. The zero-order valence-corrected chi connectivity index (χ0v) is 64.9. The summed E-state index contributed by atoms with van der Waals surface area (Å²) in [6.45, 7) is 4.22. The van der Waals surface area contributed by atoms with Crippen molar-refractivity contribution in [3.8, 4) is 0 Å². The van der Waals surface area contributed by atoms with Crippen LogP contribution in [0, 0.1) is 0 Å². The molecule has 0 radical (unpaired) electrons. The Morgan fingerprint density at radius 3 is 0.816 bits per heavy atom. The van der Waals surface area contributed by atoms with Crippen molar-refractivity contribution < 1.29 is 42.1 Å². The molecule has 0 aliphatic heterocycles. The van der Waals surface area contributed by atoms with Crippen molar-refractivity contribution in [3.63, 3.8) is 0 Å². The van der Waals surface area contributed by atoms with Crippen molar-refractivity contribution in [3.05, 3.63) is 158 Å². The third-order valence-corrected chi connectivity index (χ3v) is 18.0. The lowest BCUT2D eigenvalue weighted by molar-refractivity contribution is -0.870. The lowest BCUT2D eigenvalue weighted by Gasteiger charge is -2.24. The van der Waals surface area contributed by atoms with Gasteiger partial charge in [0, 0.05) is 12.8 Å². The molecule has 0 aromatic rings. The smallest absolute Gasteiger partial charge is 0.462 e. The second-order valence-corrected chi connectivity index (χ2v) is 29.1. The third-order valence-electron chi connectivity index (χ3n) is 17.1. The number of carbonyl (C=O) groups is 2. The minimum Gasteiger partial charge on any atom is -0.462 e. The Hall–Kier alpha value is -4.37. The number of esters is 2. The number of likely N-dealkylation sites (N-methyl/N-ethyl adjacent to an activating group) is 1. The molecule has 98 heavy (non-hydrogen) atoms. The SMILES string of the molecule is CC/C=C\C/C=C\C/C=C\C/C=C\C/C=C\C/C=C\C/C=C\C/C=C\CCCCCCCCCCCCC(=O)OC(COC(=O)CCCCCCCCCCCCCCCCCCCCCCCCC/C=C\C/C=C\C/C=C\C/C=C\C/C=C\CC)COP(=O)(O)OCC[N+](C)(C)C. The molecule has 2 unspecified atom stereocenters. The van der Waals surface area contributed by atoms with Crippen LogP contribution in [0.4, 0.5) is 0 Å². The Bertz CT molecular complexity index is 2220. The van der Waals surface area contributed by atoms with Crippen LogP contribution < -0.4 is 0 Å². The molecular weight excluding hydrogens is 1230 g/mol. The van der Waals surface area contributed by atoms with E-state index >= 15 is 0 Å². The number of ether oxygens (including phenoxy) is 2. The quantitative estimate of drug-likeness (QED) is 0.0211. The number of phosphoric ester groups is 1. The summed E-state index contributed by atoms with van der Waals surface area (Å²) in [5.41, 5.74) is 0. The zero-order valence-electron chi connectivity index (χ0n) is 64.0. The van der Waals surface area contributed by atoms with Gasteiger partial charge in [0.15, 0.2) is 6.10 Å². The van der Waals surface area contributed by atoms with E-state index in [0.717, 1.165) is 128 Å². The van der Waals surface area contributed by atoms with Gasteiger partial charge in [-0.05, 0) is 122 Å². The first-order valence-corrected chi connectivity index (χ1v) is 41.7. The van der Waals surface area contributed by atoms with Crippen LogP contribution in [0.3, 0.4) is 0 Å². The van der Waals surface area contributed by atoms with Crippen molar-refractivity contribution in [2.75, 3.05) is 47.5 Å². The van der Waals surface area contributed by atoms with Crippen LogP contribution >= 0.6 is 7.82 Å². The predicted octanol–water partition coefficient (Wildman–Crippen LogP) is 27.1. The second-order valence-electron chi connectivity index (χ2n) is 27.7. The Labute approximate surface area is 605 Å². The molecule has 9 nitrogen and oxygen atoms in total. The first kappa shape index (κ1) is 93.6. The van der Waals surface area contributed by atoms with Crippen LogP contribution in [0.25, 0.3) is 0 Å². The van der Waals surface area contributed by atoms with E-state index in [1.54, 1.807) is 0 Å². The van der Waals surface area contributed by atoms with E-state index in [1.165, 1.54) is 173 Å². The summed E-state index contributed by atoms with van der Waals surface area (Å²) in [5.74, 6) is -0.797. The van der Waals surface area contributed by atoms with Crippen LogP contribution in [-0.4, -0.2) is 74.9 Å². The second kappa shape index (κ2) is 76.8. The van der Waals surface area contributed by atoms with Crippen molar-refractivity contribution in [2.24, 2.45) is 0 Å². The first-order valence-electron chi connectivity index (χ1n) is 40.2. The molecule has 2 atom stereocenters. The summed E-state index contributed by atoms with van der Waals surface area (Å²) in [6, 6.07) is 0. The molecule has 0 aliphatic carbocycles. The highest BCUT2D eigenvalue weighted by atomic mass is 31.2. The largest absolute Gasteiger partial charge is 0.472 e. The van der Waals surface area contributed by atoms with Gasteiger partial charge in [0.25, 0.3) is 0 Å². The van der Waals surface area contributed by atoms with Gasteiger partial charge in [0.05, 0.1) is 27.7 Å². The van der Waals surface area contributed by atoms with Crippen LogP contribution in [-0.2, 0) is 32.7 Å². The Balaban J connectivity index is 3.99.